The lowest BCUT2D eigenvalue weighted by atomic mass is 9.60. The highest BCUT2D eigenvalue weighted by Crippen LogP contribution is 2.74. The first-order valence-corrected chi connectivity index (χ1v) is 52.1. The van der Waals surface area contributed by atoms with Gasteiger partial charge in [-0.3, -0.25) is 33.0 Å². The summed E-state index contributed by atoms with van der Waals surface area (Å²) in [5.41, 5.74) is -0.00366. The van der Waals surface area contributed by atoms with Crippen molar-refractivity contribution in [3.8, 4) is 0 Å². The predicted octanol–water partition coefficient (Wildman–Crippen LogP) is 17.9. The lowest BCUT2D eigenvalue weighted by molar-refractivity contribution is -0.152. The Bertz CT molecular complexity index is 3360. The molecule has 1 spiro atoms. The topological polar surface area (TPSA) is 269 Å². The minimum absolute atomic E-state index is 0.00366. The van der Waals surface area contributed by atoms with E-state index in [0.29, 0.717) is 115 Å². The fourth-order valence-electron chi connectivity index (χ4n) is 28.1. The monoisotopic (exact) mass is 1650 g/mol. The minimum Gasteiger partial charge on any atom is -0.466 e. The Morgan fingerprint density at radius 3 is 1.42 bits per heavy atom. The summed E-state index contributed by atoms with van der Waals surface area (Å²) in [5, 5.41) is 0.0891. The third-order valence-corrected chi connectivity index (χ3v) is 36.7. The Balaban J connectivity index is 0.000000145. The average molecular weight is 1650 g/mol. The number of rotatable bonds is 0. The van der Waals surface area contributed by atoms with Gasteiger partial charge in [0.25, 0.3) is 10.1 Å². The van der Waals surface area contributed by atoms with Gasteiger partial charge in [0.1, 0.15) is 22.0 Å². The van der Waals surface area contributed by atoms with Crippen molar-refractivity contribution in [1.82, 2.24) is 0 Å². The number of hydrogen-bond acceptors (Lipinski definition) is 19. The van der Waals surface area contributed by atoms with E-state index >= 15 is 0 Å². The first kappa shape index (κ1) is 93.5. The van der Waals surface area contributed by atoms with Gasteiger partial charge in [-0.15, -0.1) is 0 Å². The molecule has 22 heteroatoms. The van der Waals surface area contributed by atoms with Gasteiger partial charge in [0.05, 0.1) is 90.4 Å². The van der Waals surface area contributed by atoms with E-state index in [1.165, 1.54) is 103 Å². The van der Waals surface area contributed by atoms with Gasteiger partial charge in [-0.2, -0.15) is 8.42 Å². The maximum absolute atomic E-state index is 12.2. The largest absolute Gasteiger partial charge is 0.466 e. The fourth-order valence-corrected chi connectivity index (χ4v) is 33.2. The standard InChI is InChI=1S/C15H20O2.C14H18O2.C10H14O2.C9H12O2.C8H12O2S.C8H10O2.C4H8O2S.C4H6O2.C3H6O3S.8C2H6/c16-14-15(3-4-17-14)7-10-6-11(15)13-9-2-1-8(5-9)12(10)13;15-14-13-9-4-8(10(13)5-16-14)11-6-1-2-7(3-6)12(9)11;11-10-8-2-6-1-7(3-8)5-9(4-6)12-10;10-9-8-6-2-1-5(3-6)7(8)4-11-9;9-11(10)4-6-1-5-2-7(6)8(11)3-5;9-8-6-2-4-1-5(6)7(3-4)10-8;5-7(6)3-1-2-4-7;5-4-2-1-3-6-4;4-7(5)3-1-2-6-7;8*1-2/h8-13H,1-7H2;6-13H,1-5H2;6-9H,1-5H2;2*5-8H,1-4H2;4-7H,1-3H2;1-4H2;1-3H2;1-3H2;8*1-2H3. The van der Waals surface area contributed by atoms with Crippen LogP contribution >= 0.6 is 0 Å². The van der Waals surface area contributed by atoms with Crippen molar-refractivity contribution in [2.75, 3.05) is 56.0 Å². The van der Waals surface area contributed by atoms with Gasteiger partial charge in [0, 0.05) is 24.2 Å². The molecule has 19 nitrogen and oxygen atoms in total. The number of esters is 6. The Morgan fingerprint density at radius 2 is 0.929 bits per heavy atom. The van der Waals surface area contributed by atoms with Gasteiger partial charge in [-0.05, 0) is 298 Å². The summed E-state index contributed by atoms with van der Waals surface area (Å²) in [5.74, 6) is 22.1. The zero-order valence-corrected chi connectivity index (χ0v) is 75.1. The van der Waals surface area contributed by atoms with Crippen LogP contribution in [0.5, 0.6) is 0 Å². The van der Waals surface area contributed by atoms with Gasteiger partial charge in [0.15, 0.2) is 9.84 Å². The molecule has 26 rings (SSSR count). The third kappa shape index (κ3) is 19.8. The smallest absolute Gasteiger partial charge is 0.312 e. The molecule has 26 fully saturated rings. The number of carbonyl (C=O) groups is 6. The molecular formula is C91H154O19S3. The Morgan fingerprint density at radius 1 is 0.372 bits per heavy atom. The third-order valence-electron chi connectivity index (χ3n) is 31.2. The van der Waals surface area contributed by atoms with E-state index in [2.05, 4.69) is 8.92 Å². The van der Waals surface area contributed by atoms with Gasteiger partial charge >= 0.3 is 35.8 Å². The maximum Gasteiger partial charge on any atom is 0.312 e. The molecule has 113 heavy (non-hydrogen) atoms. The number of hydrogen-bond donors (Lipinski definition) is 0. The van der Waals surface area contributed by atoms with Crippen LogP contribution in [0.1, 0.15) is 297 Å². The van der Waals surface area contributed by atoms with Crippen molar-refractivity contribution in [2.45, 2.75) is 314 Å². The Labute approximate surface area is 683 Å². The molecule has 26 aliphatic rings. The molecule has 10 saturated heterocycles. The highest BCUT2D eigenvalue weighted by Gasteiger charge is 2.71. The number of fused-ring (bicyclic) bond motifs is 30. The minimum atomic E-state index is -3.05. The van der Waals surface area contributed by atoms with Crippen LogP contribution in [0.15, 0.2) is 0 Å². The quantitative estimate of drug-likeness (QED) is 0.0943. The molecule has 0 aromatic rings. The summed E-state index contributed by atoms with van der Waals surface area (Å²) >= 11 is 0. The second-order valence-electron chi connectivity index (χ2n) is 35.8. The lowest BCUT2D eigenvalue weighted by Crippen LogP contribution is -2.42. The second-order valence-corrected chi connectivity index (χ2v) is 42.2. The second kappa shape index (κ2) is 41.7. The van der Waals surface area contributed by atoms with Crippen LogP contribution in [0.4, 0.5) is 0 Å². The van der Waals surface area contributed by atoms with E-state index in [9.17, 15) is 54.0 Å². The molecule has 10 aliphatic heterocycles. The number of carbonyl (C=O) groups excluding carboxylic acids is 6. The summed E-state index contributed by atoms with van der Waals surface area (Å²) in [7, 11) is -8.22. The van der Waals surface area contributed by atoms with E-state index in [1.54, 1.807) is 0 Å². The van der Waals surface area contributed by atoms with Gasteiger partial charge < -0.3 is 28.4 Å². The van der Waals surface area contributed by atoms with E-state index in [1.807, 2.05) is 111 Å². The van der Waals surface area contributed by atoms with E-state index in [4.69, 9.17) is 23.7 Å². The summed E-state index contributed by atoms with van der Waals surface area (Å²) in [6.45, 7) is 35.2. The van der Waals surface area contributed by atoms with Crippen LogP contribution < -0.4 is 0 Å². The van der Waals surface area contributed by atoms with Crippen LogP contribution in [-0.4, -0.2) is 135 Å². The molecule has 18 bridgehead atoms. The van der Waals surface area contributed by atoms with Gasteiger partial charge in [0.2, 0.25) is 0 Å². The molecule has 0 aromatic heterocycles. The van der Waals surface area contributed by atoms with Crippen molar-refractivity contribution < 1.29 is 86.6 Å². The van der Waals surface area contributed by atoms with Crippen molar-refractivity contribution in [2.24, 2.45) is 165 Å². The van der Waals surface area contributed by atoms with Gasteiger partial charge in [-0.25, -0.2) is 16.8 Å². The lowest BCUT2D eigenvalue weighted by Gasteiger charge is -2.42. The molecule has 10 heterocycles. The molecular weight excluding hydrogens is 1490 g/mol. The van der Waals surface area contributed by atoms with Crippen LogP contribution in [-0.2, 0) is 91.2 Å². The Kier molecular flexibility index (Phi) is 34.5. The zero-order valence-electron chi connectivity index (χ0n) is 72.7. The van der Waals surface area contributed by atoms with Gasteiger partial charge in [-0.1, -0.05) is 111 Å². The molecule has 29 atom stereocenters. The summed E-state index contributed by atoms with van der Waals surface area (Å²) in [6.07, 6.45) is 35.2. The summed E-state index contributed by atoms with van der Waals surface area (Å²) in [6, 6.07) is 0. The normalized spacial score (nSPS) is 44.6. The molecule has 0 amide bonds. The SMILES string of the molecule is CC.CC.CC.CC.CC.CC.CC.CC.O=C1CCCO1.O=C1OC2CC3CC(C2)CC1C3.O=C1OC2CC3CC1C2C3.O=C1OCC2C3CC(C12)C1C2CCC(C2)C31.O=C1OCC2C3CCC(C3)C12.O=C1OCCC12CC1CC2C2C3CCC(C3)C12.O=S1(=O)CC2CC3CC2C1C3.O=S1(=O)CCCC1.O=S1(=O)CCCO1. The molecule has 650 valence electrons. The van der Waals surface area contributed by atoms with Crippen molar-refractivity contribution in [3.63, 3.8) is 0 Å². The van der Waals surface area contributed by atoms with E-state index in [-0.39, 0.29) is 64.3 Å². The molecule has 0 aromatic carbocycles. The van der Waals surface area contributed by atoms with E-state index < -0.39 is 29.8 Å². The van der Waals surface area contributed by atoms with Crippen LogP contribution in [0.25, 0.3) is 0 Å². The summed E-state index contributed by atoms with van der Waals surface area (Å²) in [4.78, 5) is 67.7. The van der Waals surface area contributed by atoms with Crippen molar-refractivity contribution >= 4 is 65.6 Å². The zero-order chi connectivity index (χ0) is 82.6. The highest BCUT2D eigenvalue weighted by atomic mass is 32.2. The Hall–Kier alpha value is -3.37. The molecule has 29 unspecified atom stereocenters. The van der Waals surface area contributed by atoms with Crippen LogP contribution in [0, 0.1) is 165 Å². The highest BCUT2D eigenvalue weighted by molar-refractivity contribution is 7.92. The van der Waals surface area contributed by atoms with Crippen molar-refractivity contribution in [3.05, 3.63) is 0 Å². The van der Waals surface area contributed by atoms with Crippen LogP contribution in [0.3, 0.4) is 0 Å². The fraction of sp³-hybridized carbons (Fsp3) is 0.934. The average Bonchev–Trinajstić information content (AvgIpc) is 1.53. The molecule has 0 N–H and O–H groups in total. The number of cyclic esters (lactones) is 4. The first-order chi connectivity index (χ1) is 54.6. The predicted molar refractivity (Wildman–Crippen MR) is 441 cm³/mol. The number of sulfone groups is 2. The van der Waals surface area contributed by atoms with Crippen molar-refractivity contribution in [1.29, 1.82) is 0 Å². The molecule has 16 saturated carbocycles. The maximum atomic E-state index is 12.2. The molecule has 0 radical (unpaired) electrons. The van der Waals surface area contributed by atoms with Crippen LogP contribution in [0.2, 0.25) is 0 Å². The molecule has 16 aliphatic carbocycles. The number of ether oxygens (including phenoxy) is 6. The first-order valence-electron chi connectivity index (χ1n) is 47.0. The van der Waals surface area contributed by atoms with E-state index in [0.717, 1.165) is 179 Å². The summed E-state index contributed by atoms with van der Waals surface area (Å²) < 4.78 is 99.4.